The van der Waals surface area contributed by atoms with E-state index in [1.807, 2.05) is 0 Å². The fraction of sp³-hybridized carbons (Fsp3) is 0.250. The zero-order chi connectivity index (χ0) is 10.7. The molecule has 1 aromatic carbocycles. The Morgan fingerprint density at radius 2 is 1.86 bits per heavy atom. The number of rotatable bonds is 3. The average Bonchev–Trinajstić information content (AvgIpc) is 2.11. The summed E-state index contributed by atoms with van der Waals surface area (Å²) in [4.78, 5) is 0.652. The average molecular weight is 348 g/mol. The molecule has 0 atom stereocenters. The zero-order valence-corrected chi connectivity index (χ0v) is 11.0. The maximum Gasteiger partial charge on any atom is 0.387 e. The zero-order valence-electron chi connectivity index (χ0n) is 7.06. The third-order valence-electron chi connectivity index (χ3n) is 1.43. The van der Waals surface area contributed by atoms with Crippen LogP contribution in [0.25, 0.3) is 0 Å². The van der Waals surface area contributed by atoms with Crippen molar-refractivity contribution in [1.29, 1.82) is 0 Å². The van der Waals surface area contributed by atoms with Gasteiger partial charge in [-0.25, -0.2) is 0 Å². The van der Waals surface area contributed by atoms with Gasteiger partial charge in [0.1, 0.15) is 0 Å². The van der Waals surface area contributed by atoms with E-state index in [2.05, 4.69) is 36.6 Å². The number of thioether (sulfide) groups is 1. The van der Waals surface area contributed by atoms with Crippen molar-refractivity contribution in [2.24, 2.45) is 0 Å². The highest BCUT2D eigenvalue weighted by Crippen LogP contribution is 2.40. The van der Waals surface area contributed by atoms with Gasteiger partial charge in [0.2, 0.25) is 0 Å². The Hall–Kier alpha value is 0.190. The van der Waals surface area contributed by atoms with Crippen molar-refractivity contribution in [3.8, 4) is 5.75 Å². The monoisotopic (exact) mass is 346 g/mol. The Labute approximate surface area is 101 Å². The van der Waals surface area contributed by atoms with E-state index in [0.29, 0.717) is 9.37 Å². The highest BCUT2D eigenvalue weighted by molar-refractivity contribution is 9.11. The fourth-order valence-corrected chi connectivity index (χ4v) is 2.86. The van der Waals surface area contributed by atoms with E-state index in [-0.39, 0.29) is 5.75 Å². The predicted octanol–water partition coefficient (Wildman–Crippen LogP) is 4.53. The first-order chi connectivity index (χ1) is 6.56. The van der Waals surface area contributed by atoms with Crippen LogP contribution in [-0.2, 0) is 0 Å². The second kappa shape index (κ2) is 5.32. The highest BCUT2D eigenvalue weighted by atomic mass is 79.9. The Balaban J connectivity index is 3.16. The molecule has 0 amide bonds. The number of hydrogen-bond acceptors (Lipinski definition) is 2. The van der Waals surface area contributed by atoms with E-state index < -0.39 is 6.61 Å². The van der Waals surface area contributed by atoms with Crippen molar-refractivity contribution >= 4 is 43.6 Å². The van der Waals surface area contributed by atoms with Gasteiger partial charge in [-0.2, -0.15) is 8.78 Å². The summed E-state index contributed by atoms with van der Waals surface area (Å²) in [6.07, 6.45) is 1.80. The lowest BCUT2D eigenvalue weighted by molar-refractivity contribution is -0.0522. The Kier molecular flexibility index (Phi) is 4.66. The number of halogens is 4. The maximum atomic E-state index is 12.1. The van der Waals surface area contributed by atoms with Crippen LogP contribution in [0.3, 0.4) is 0 Å². The first-order valence-electron chi connectivity index (χ1n) is 3.53. The molecule has 0 N–H and O–H groups in total. The van der Waals surface area contributed by atoms with Gasteiger partial charge in [-0.05, 0) is 50.2 Å². The van der Waals surface area contributed by atoms with Crippen molar-refractivity contribution < 1.29 is 13.5 Å². The predicted molar refractivity (Wildman–Crippen MR) is 60.3 cm³/mol. The minimum Gasteiger partial charge on any atom is -0.432 e. The number of ether oxygens (including phenoxy) is 1. The molecule has 1 nitrogen and oxygen atoms in total. The molecule has 1 rings (SSSR count). The van der Waals surface area contributed by atoms with Crippen LogP contribution in [0.5, 0.6) is 5.75 Å². The van der Waals surface area contributed by atoms with Crippen LogP contribution >= 0.6 is 43.6 Å². The maximum absolute atomic E-state index is 12.1. The molecule has 78 valence electrons. The van der Waals surface area contributed by atoms with Gasteiger partial charge in [0.15, 0.2) is 5.75 Å². The second-order valence-corrected chi connectivity index (χ2v) is 4.80. The van der Waals surface area contributed by atoms with Crippen molar-refractivity contribution in [3.63, 3.8) is 0 Å². The molecule has 0 aliphatic rings. The molecule has 14 heavy (non-hydrogen) atoms. The normalized spacial score (nSPS) is 10.7. The molecule has 6 heteroatoms. The SMILES string of the molecule is CSc1c(Br)ccc(Br)c1OC(F)F. The summed E-state index contributed by atoms with van der Waals surface area (Å²) >= 11 is 7.77. The molecular formula is C8H6Br2F2OS. The minimum absolute atomic E-state index is 0.168. The van der Waals surface area contributed by atoms with Crippen LogP contribution in [-0.4, -0.2) is 12.9 Å². The van der Waals surface area contributed by atoms with E-state index >= 15 is 0 Å². The van der Waals surface area contributed by atoms with Crippen molar-refractivity contribution in [3.05, 3.63) is 21.1 Å². The molecule has 0 aromatic heterocycles. The summed E-state index contributed by atoms with van der Waals surface area (Å²) in [6.45, 7) is -2.81. The molecule has 0 heterocycles. The molecule has 0 aliphatic heterocycles. The van der Waals surface area contributed by atoms with E-state index in [9.17, 15) is 8.78 Å². The number of benzene rings is 1. The van der Waals surface area contributed by atoms with Gasteiger partial charge in [-0.1, -0.05) is 0 Å². The van der Waals surface area contributed by atoms with Crippen molar-refractivity contribution in [2.75, 3.05) is 6.26 Å². The number of alkyl halides is 2. The second-order valence-electron chi connectivity index (χ2n) is 2.27. The van der Waals surface area contributed by atoms with Crippen molar-refractivity contribution in [1.82, 2.24) is 0 Å². The van der Waals surface area contributed by atoms with Crippen LogP contribution in [0.2, 0.25) is 0 Å². The summed E-state index contributed by atoms with van der Waals surface area (Å²) in [7, 11) is 0. The summed E-state index contributed by atoms with van der Waals surface area (Å²) in [5.41, 5.74) is 0. The van der Waals surface area contributed by atoms with Gasteiger partial charge in [-0.15, -0.1) is 11.8 Å². The molecular weight excluding hydrogens is 342 g/mol. The Bertz CT molecular complexity index is 333. The van der Waals surface area contributed by atoms with Crippen molar-refractivity contribution in [2.45, 2.75) is 11.5 Å². The van der Waals surface area contributed by atoms with Gasteiger partial charge in [0.25, 0.3) is 0 Å². The van der Waals surface area contributed by atoms with E-state index in [4.69, 9.17) is 0 Å². The molecule has 0 saturated carbocycles. The number of hydrogen-bond donors (Lipinski definition) is 0. The van der Waals surface area contributed by atoms with Crippen LogP contribution in [0.1, 0.15) is 0 Å². The minimum atomic E-state index is -2.81. The quantitative estimate of drug-likeness (QED) is 0.742. The molecule has 0 unspecified atom stereocenters. The van der Waals surface area contributed by atoms with E-state index in [0.717, 1.165) is 4.47 Å². The van der Waals surface area contributed by atoms with Gasteiger partial charge >= 0.3 is 6.61 Å². The lowest BCUT2D eigenvalue weighted by Gasteiger charge is -2.12. The lowest BCUT2D eigenvalue weighted by atomic mass is 10.3. The third-order valence-corrected chi connectivity index (χ3v) is 3.79. The smallest absolute Gasteiger partial charge is 0.387 e. The summed E-state index contributed by atoms with van der Waals surface area (Å²) in [5.74, 6) is 0.168. The first kappa shape index (κ1) is 12.3. The molecule has 0 fully saturated rings. The summed E-state index contributed by atoms with van der Waals surface area (Å²) in [6, 6.07) is 3.43. The molecule has 0 saturated heterocycles. The highest BCUT2D eigenvalue weighted by Gasteiger charge is 2.15. The first-order valence-corrected chi connectivity index (χ1v) is 6.34. The Morgan fingerprint density at radius 3 is 2.36 bits per heavy atom. The largest absolute Gasteiger partial charge is 0.432 e. The van der Waals surface area contributed by atoms with Gasteiger partial charge in [-0.3, -0.25) is 0 Å². The van der Waals surface area contributed by atoms with Gasteiger partial charge < -0.3 is 4.74 Å². The summed E-state index contributed by atoms with van der Waals surface area (Å²) in [5, 5.41) is 0. The van der Waals surface area contributed by atoms with Crippen LogP contribution < -0.4 is 4.74 Å². The molecule has 1 aromatic rings. The third kappa shape index (κ3) is 2.84. The van der Waals surface area contributed by atoms with E-state index in [1.165, 1.54) is 11.8 Å². The molecule has 0 aliphatic carbocycles. The van der Waals surface area contributed by atoms with E-state index in [1.54, 1.807) is 18.4 Å². The molecule has 0 radical (unpaired) electrons. The topological polar surface area (TPSA) is 9.23 Å². The van der Waals surface area contributed by atoms with Gasteiger partial charge in [0.05, 0.1) is 9.37 Å². The Morgan fingerprint density at radius 1 is 1.29 bits per heavy atom. The molecule has 0 spiro atoms. The summed E-state index contributed by atoms with van der Waals surface area (Å²) < 4.78 is 29.8. The van der Waals surface area contributed by atoms with Gasteiger partial charge in [0, 0.05) is 4.47 Å². The van der Waals surface area contributed by atoms with Crippen LogP contribution in [0.15, 0.2) is 26.0 Å². The fourth-order valence-electron chi connectivity index (χ4n) is 0.904. The van der Waals surface area contributed by atoms with Crippen LogP contribution in [0.4, 0.5) is 8.78 Å². The molecule has 0 bridgehead atoms. The lowest BCUT2D eigenvalue weighted by Crippen LogP contribution is -2.03. The van der Waals surface area contributed by atoms with Crippen LogP contribution in [0, 0.1) is 0 Å². The standard InChI is InChI=1S/C8H6Br2F2OS/c1-14-7-5(10)3-2-4(9)6(7)13-8(11)12/h2-3,8H,1H3.